The van der Waals surface area contributed by atoms with Gasteiger partial charge in [0.05, 0.1) is 23.5 Å². The Labute approximate surface area is 294 Å². The fourth-order valence-electron chi connectivity index (χ4n) is 9.53. The Morgan fingerprint density at radius 2 is 1.88 bits per heavy atom. The smallest absolute Gasteiger partial charge is 0.513 e. The Morgan fingerprint density at radius 3 is 2.52 bits per heavy atom. The van der Waals surface area contributed by atoms with Gasteiger partial charge in [0.1, 0.15) is 17.3 Å². The normalized spacial score (nSPS) is 31.3. The topological polar surface area (TPSA) is 142 Å². The van der Waals surface area contributed by atoms with Crippen LogP contribution >= 0.6 is 0 Å². The van der Waals surface area contributed by atoms with Crippen LogP contribution in [0.25, 0.3) is 6.08 Å². The second-order valence-electron chi connectivity index (χ2n) is 17.5. The highest BCUT2D eigenvalue weighted by molar-refractivity contribution is 5.87. The van der Waals surface area contributed by atoms with Gasteiger partial charge in [-0.15, -0.1) is 0 Å². The minimum Gasteiger partial charge on any atom is -0.857 e. The molecule has 3 N–H and O–H groups in total. The van der Waals surface area contributed by atoms with E-state index in [9.17, 15) is 19.8 Å². The molecule has 0 radical (unpaired) electrons. The van der Waals surface area contributed by atoms with Crippen molar-refractivity contribution in [1.82, 2.24) is 14.9 Å². The van der Waals surface area contributed by atoms with E-state index in [4.69, 9.17) is 9.47 Å². The number of rotatable bonds is 12. The number of amides is 1. The van der Waals surface area contributed by atoms with E-state index in [2.05, 4.69) is 9.97 Å². The van der Waals surface area contributed by atoms with Gasteiger partial charge in [0.15, 0.2) is 12.0 Å². The van der Waals surface area contributed by atoms with Crippen LogP contribution in [0.1, 0.15) is 123 Å². The fourth-order valence-corrected chi connectivity index (χ4v) is 9.53. The molecule has 7 atom stereocenters. The summed E-state index contributed by atoms with van der Waals surface area (Å²) >= 11 is 0. The van der Waals surface area contributed by atoms with Crippen molar-refractivity contribution >= 4 is 18.0 Å². The van der Waals surface area contributed by atoms with Gasteiger partial charge < -0.3 is 19.7 Å². The summed E-state index contributed by atoms with van der Waals surface area (Å²) in [6, 6.07) is -0.916. The minimum absolute atomic E-state index is 0.0588. The first kappa shape index (κ1) is 37.2. The van der Waals surface area contributed by atoms with E-state index in [0.717, 1.165) is 38.5 Å². The minimum atomic E-state index is -3.41. The molecule has 10 nitrogen and oxygen atoms in total. The number of ketones is 1. The lowest BCUT2D eigenvalue weighted by molar-refractivity contribution is -0.639. The van der Waals surface area contributed by atoms with Crippen LogP contribution in [0.2, 0.25) is 0 Å². The van der Waals surface area contributed by atoms with Gasteiger partial charge in [-0.3, -0.25) is 14.7 Å². The molecule has 1 aromatic heterocycles. The molecule has 3 saturated carbocycles. The number of hydrogen-bond acceptors (Lipinski definition) is 9. The number of methoxy groups -OCH3 is 1. The van der Waals surface area contributed by atoms with Gasteiger partial charge in [-0.2, -0.15) is 13.6 Å². The van der Waals surface area contributed by atoms with Crippen LogP contribution in [-0.4, -0.2) is 75.5 Å². The van der Waals surface area contributed by atoms with Crippen molar-refractivity contribution in [2.75, 3.05) is 13.7 Å². The van der Waals surface area contributed by atoms with E-state index in [1.54, 1.807) is 12.2 Å². The predicted molar refractivity (Wildman–Crippen MR) is 180 cm³/mol. The molecule has 7 unspecified atom stereocenters. The second kappa shape index (κ2) is 13.1. The van der Waals surface area contributed by atoms with Crippen molar-refractivity contribution in [3.63, 3.8) is 0 Å². The second-order valence-corrected chi connectivity index (χ2v) is 17.5. The van der Waals surface area contributed by atoms with Gasteiger partial charge in [0.25, 0.3) is 5.92 Å². The van der Waals surface area contributed by atoms with Crippen molar-refractivity contribution in [1.29, 1.82) is 0 Å². The van der Waals surface area contributed by atoms with Crippen LogP contribution in [-0.2, 0) is 26.6 Å². The first-order valence-electron chi connectivity index (χ1n) is 18.6. The molecule has 50 heavy (non-hydrogen) atoms. The molecule has 2 heterocycles. The number of primary amides is 1. The predicted octanol–water partition coefficient (Wildman–Crippen LogP) is 4.86. The van der Waals surface area contributed by atoms with Crippen LogP contribution in [0.5, 0.6) is 5.88 Å². The van der Waals surface area contributed by atoms with E-state index < -0.39 is 53.3 Å². The number of aliphatic hydroxyl groups excluding tert-OH is 1. The summed E-state index contributed by atoms with van der Waals surface area (Å²) in [5, 5.41) is 25.9. The molecule has 1 aromatic rings. The monoisotopic (exact) mass is 702 g/mol. The van der Waals surface area contributed by atoms with E-state index in [0.29, 0.717) is 31.5 Å². The van der Waals surface area contributed by atoms with Crippen LogP contribution < -0.4 is 10.4 Å². The van der Waals surface area contributed by atoms with Crippen LogP contribution in [0.15, 0.2) is 6.08 Å². The first-order chi connectivity index (χ1) is 23.4. The quantitative estimate of drug-likeness (QED) is 0.313. The third kappa shape index (κ3) is 6.74. The number of alkyl halides is 2. The third-order valence-electron chi connectivity index (χ3n) is 12.9. The third-order valence-corrected chi connectivity index (χ3v) is 12.9. The van der Waals surface area contributed by atoms with Crippen molar-refractivity contribution < 1.29 is 43.4 Å². The maximum absolute atomic E-state index is 15.4. The van der Waals surface area contributed by atoms with Crippen molar-refractivity contribution in [2.45, 2.75) is 148 Å². The number of aliphatic hydroxyl groups is 1. The molecule has 4 aliphatic carbocycles. The number of carbonyl (C=O) groups excluding carboxylic acids is 2. The SMILES string of the molecule is COC1C=Cc2nc(C(F)(F)CCCC3CC34CCCC4(C)OC(=O)[NH2+]C(C(O)N3CCC4(CC4)C3C(=O)C(C)C)C(C)(C)C)c([O-])nc2C1. The summed E-state index contributed by atoms with van der Waals surface area (Å²) in [4.78, 5) is 37.0. The van der Waals surface area contributed by atoms with E-state index in [-0.39, 0.29) is 52.7 Å². The Balaban J connectivity index is 1.07. The van der Waals surface area contributed by atoms with Crippen LogP contribution in [0, 0.1) is 28.1 Å². The van der Waals surface area contributed by atoms with Gasteiger partial charge in [0.2, 0.25) is 0 Å². The number of likely N-dealkylation sites (tertiary alicyclic amines) is 1. The molecule has 0 aromatic carbocycles. The molecule has 1 amide bonds. The highest BCUT2D eigenvalue weighted by Crippen LogP contribution is 2.70. The van der Waals surface area contributed by atoms with Crippen molar-refractivity contribution in [3.8, 4) is 5.88 Å². The molecular formula is C38H56F2N4O6. The van der Waals surface area contributed by atoms with Gasteiger partial charge in [0, 0.05) is 49.1 Å². The van der Waals surface area contributed by atoms with Gasteiger partial charge in [-0.25, -0.2) is 10.3 Å². The first-order valence-corrected chi connectivity index (χ1v) is 18.6. The fraction of sp³-hybridized carbons (Fsp3) is 0.789. The zero-order chi connectivity index (χ0) is 36.4. The Bertz CT molecular complexity index is 1510. The maximum atomic E-state index is 15.4. The molecule has 1 aliphatic heterocycles. The number of nitrogens with two attached hydrogens (primary N) is 1. The number of Topliss-reactive ketones (excluding diaryl/α,β-unsaturated/α-hetero) is 1. The van der Waals surface area contributed by atoms with E-state index >= 15 is 8.78 Å². The number of ether oxygens (including phenoxy) is 2. The summed E-state index contributed by atoms with van der Waals surface area (Å²) in [6.45, 7) is 12.3. The molecule has 12 heteroatoms. The lowest BCUT2D eigenvalue weighted by Crippen LogP contribution is -2.99. The molecule has 4 fully saturated rings. The van der Waals surface area contributed by atoms with Gasteiger partial charge >= 0.3 is 6.09 Å². The number of quaternary nitrogens is 1. The number of aromatic nitrogens is 2. The van der Waals surface area contributed by atoms with E-state index in [1.807, 2.05) is 46.4 Å². The Morgan fingerprint density at radius 1 is 1.16 bits per heavy atom. The Kier molecular flexibility index (Phi) is 9.79. The number of nitrogens with zero attached hydrogens (tertiary/aromatic N) is 3. The average molecular weight is 703 g/mol. The lowest BCUT2D eigenvalue weighted by atomic mass is 9.83. The number of hydrogen-bond donors (Lipinski definition) is 2. The van der Waals surface area contributed by atoms with Crippen molar-refractivity contribution in [3.05, 3.63) is 23.2 Å². The molecule has 278 valence electrons. The number of fused-ring (bicyclic) bond motifs is 1. The summed E-state index contributed by atoms with van der Waals surface area (Å²) in [7, 11) is 1.54. The van der Waals surface area contributed by atoms with Crippen molar-refractivity contribution in [2.24, 2.45) is 28.1 Å². The maximum Gasteiger partial charge on any atom is 0.513 e. The highest BCUT2D eigenvalue weighted by Gasteiger charge is 2.68. The number of carbonyl (C=O) groups is 2. The zero-order valence-electron chi connectivity index (χ0n) is 30.8. The van der Waals surface area contributed by atoms with Crippen LogP contribution in [0.4, 0.5) is 13.6 Å². The van der Waals surface area contributed by atoms with Gasteiger partial charge in [-0.1, -0.05) is 40.7 Å². The molecule has 6 rings (SSSR count). The zero-order valence-corrected chi connectivity index (χ0v) is 30.8. The standard InChI is InChI=1S/C38H56F2N4O6/c1-22(2)27(45)30-36(16-17-36)18-19-44(30)32(47)29(34(3,4)5)43-33(48)50-35(6)13-9-14-37(35)21-23(37)10-8-15-38(39,40)28-31(46)42-26-20-24(49-7)11-12-25(26)41-28/h11-12,22-24,29-30,32,47H,8-10,13-21H2,1-7H3,(H,42,46)(H,43,48). The van der Waals surface area contributed by atoms with Gasteiger partial charge in [-0.05, 0) is 82.1 Å². The summed E-state index contributed by atoms with van der Waals surface area (Å²) < 4.78 is 42.3. The molecule has 5 aliphatic rings. The highest BCUT2D eigenvalue weighted by atomic mass is 19.3. The molecule has 0 bridgehead atoms. The van der Waals surface area contributed by atoms with Crippen LogP contribution in [0.3, 0.4) is 0 Å². The Hall–Kier alpha value is -2.54. The molecule has 1 saturated heterocycles. The van der Waals surface area contributed by atoms with E-state index in [1.165, 1.54) is 12.4 Å². The molecule has 2 spiro atoms. The summed E-state index contributed by atoms with van der Waals surface area (Å²) in [5.41, 5.74) is -1.73. The number of halogens is 2. The average Bonchev–Trinajstić information content (AvgIpc) is 3.89. The molecular weight excluding hydrogens is 646 g/mol. The summed E-state index contributed by atoms with van der Waals surface area (Å²) in [6.07, 6.45) is 8.11. The largest absolute Gasteiger partial charge is 0.857 e. The summed E-state index contributed by atoms with van der Waals surface area (Å²) in [5.74, 6) is -4.28. The lowest BCUT2D eigenvalue weighted by Gasteiger charge is -2.39.